The quantitative estimate of drug-likeness (QED) is 0.800. The van der Waals surface area contributed by atoms with E-state index in [1.54, 1.807) is 12.1 Å². The number of hydrogen-bond donors (Lipinski definition) is 0. The van der Waals surface area contributed by atoms with E-state index in [0.29, 0.717) is 23.0 Å². The molecular formula is C15H13ClN4O3. The zero-order valence-electron chi connectivity index (χ0n) is 12.3. The van der Waals surface area contributed by atoms with Gasteiger partial charge in [-0.15, -0.1) is 0 Å². The van der Waals surface area contributed by atoms with Crippen LogP contribution in [0, 0.1) is 0 Å². The molecule has 2 aromatic rings. The summed E-state index contributed by atoms with van der Waals surface area (Å²) >= 11 is 5.83. The number of rotatable bonds is 4. The maximum Gasteiger partial charge on any atom is 0.308 e. The van der Waals surface area contributed by atoms with E-state index in [1.165, 1.54) is 23.5 Å². The topological polar surface area (TPSA) is 85.3 Å². The summed E-state index contributed by atoms with van der Waals surface area (Å²) in [6.45, 7) is 1.87. The predicted octanol–water partition coefficient (Wildman–Crippen LogP) is 2.53. The number of anilines is 1. The first-order chi connectivity index (χ1) is 11.1. The molecule has 1 atom stereocenters. The zero-order valence-corrected chi connectivity index (χ0v) is 13.0. The molecule has 3 heterocycles. The summed E-state index contributed by atoms with van der Waals surface area (Å²) in [6, 6.07) is 3.18. The Kier molecular flexibility index (Phi) is 4.20. The second-order valence-corrected chi connectivity index (χ2v) is 5.33. The summed E-state index contributed by atoms with van der Waals surface area (Å²) in [5.74, 6) is -0.520. The Morgan fingerprint density at radius 2 is 2.09 bits per heavy atom. The van der Waals surface area contributed by atoms with Gasteiger partial charge in [0.25, 0.3) is 5.91 Å². The summed E-state index contributed by atoms with van der Waals surface area (Å²) in [5, 5.41) is 0.439. The van der Waals surface area contributed by atoms with Crippen molar-refractivity contribution in [1.29, 1.82) is 0 Å². The second kappa shape index (κ2) is 6.29. The van der Waals surface area contributed by atoms with Crippen LogP contribution in [0.15, 0.2) is 30.7 Å². The van der Waals surface area contributed by atoms with Gasteiger partial charge >= 0.3 is 5.97 Å². The van der Waals surface area contributed by atoms with Crippen LogP contribution in [0.25, 0.3) is 0 Å². The Hall–Kier alpha value is -2.54. The van der Waals surface area contributed by atoms with Crippen LogP contribution in [-0.2, 0) is 9.53 Å². The molecule has 0 saturated carbocycles. The van der Waals surface area contributed by atoms with Crippen molar-refractivity contribution < 1.29 is 14.3 Å². The molecule has 0 aromatic carbocycles. The van der Waals surface area contributed by atoms with Crippen molar-refractivity contribution in [2.24, 2.45) is 0 Å². The van der Waals surface area contributed by atoms with Crippen LogP contribution in [0.3, 0.4) is 0 Å². The lowest BCUT2D eigenvalue weighted by Crippen LogP contribution is -2.31. The number of ether oxygens (including phenoxy) is 1. The van der Waals surface area contributed by atoms with Gasteiger partial charge in [-0.3, -0.25) is 14.6 Å². The minimum Gasteiger partial charge on any atom is -0.435 e. The molecule has 1 aliphatic heterocycles. The molecule has 23 heavy (non-hydrogen) atoms. The van der Waals surface area contributed by atoms with Crippen LogP contribution in [0.4, 0.5) is 5.82 Å². The first-order valence-corrected chi connectivity index (χ1v) is 7.45. The molecule has 3 rings (SSSR count). The molecule has 0 saturated heterocycles. The molecule has 0 bridgehead atoms. The van der Waals surface area contributed by atoms with Crippen LogP contribution in [0.1, 0.15) is 42.2 Å². The number of carbonyl (C=O) groups is 2. The predicted molar refractivity (Wildman–Crippen MR) is 81.8 cm³/mol. The van der Waals surface area contributed by atoms with Crippen molar-refractivity contribution in [3.05, 3.63) is 47.1 Å². The highest BCUT2D eigenvalue weighted by Crippen LogP contribution is 2.35. The van der Waals surface area contributed by atoms with Crippen molar-refractivity contribution in [3.63, 3.8) is 0 Å². The third-order valence-electron chi connectivity index (χ3n) is 3.27. The largest absolute Gasteiger partial charge is 0.435 e. The fourth-order valence-electron chi connectivity index (χ4n) is 2.27. The van der Waals surface area contributed by atoms with Crippen LogP contribution < -0.4 is 4.90 Å². The summed E-state index contributed by atoms with van der Waals surface area (Å²) in [7, 11) is 0. The van der Waals surface area contributed by atoms with Gasteiger partial charge in [0.15, 0.2) is 5.69 Å². The molecular weight excluding hydrogens is 320 g/mol. The highest BCUT2D eigenvalue weighted by Gasteiger charge is 2.43. The number of hydrogen-bond acceptors (Lipinski definition) is 6. The first-order valence-electron chi connectivity index (χ1n) is 7.07. The summed E-state index contributed by atoms with van der Waals surface area (Å²) in [4.78, 5) is 38.0. The van der Waals surface area contributed by atoms with E-state index in [4.69, 9.17) is 16.3 Å². The highest BCUT2D eigenvalue weighted by atomic mass is 35.5. The summed E-state index contributed by atoms with van der Waals surface area (Å²) in [5.41, 5.74) is 0.456. The number of esters is 1. The van der Waals surface area contributed by atoms with Crippen molar-refractivity contribution >= 4 is 29.3 Å². The number of nitrogens with zero attached hydrogens (tertiary/aromatic N) is 4. The Morgan fingerprint density at radius 3 is 2.78 bits per heavy atom. The molecule has 1 aliphatic rings. The van der Waals surface area contributed by atoms with E-state index in [0.717, 1.165) is 0 Å². The lowest BCUT2D eigenvalue weighted by Gasteiger charge is -2.23. The Labute approximate surface area is 137 Å². The van der Waals surface area contributed by atoms with Gasteiger partial charge in [-0.05, 0) is 18.6 Å². The molecule has 1 amide bonds. The lowest BCUT2D eigenvalue weighted by atomic mass is 10.3. The molecule has 0 radical (unpaired) electrons. The smallest absolute Gasteiger partial charge is 0.308 e. The van der Waals surface area contributed by atoms with Crippen LogP contribution >= 0.6 is 11.6 Å². The van der Waals surface area contributed by atoms with Crippen molar-refractivity contribution in [1.82, 2.24) is 15.0 Å². The Bertz CT molecular complexity index is 751. The van der Waals surface area contributed by atoms with Crippen molar-refractivity contribution in [2.45, 2.75) is 26.0 Å². The van der Waals surface area contributed by atoms with Crippen LogP contribution in [-0.4, -0.2) is 26.8 Å². The number of aromatic nitrogens is 3. The van der Waals surface area contributed by atoms with Gasteiger partial charge in [0.2, 0.25) is 6.23 Å². The molecule has 7 nitrogen and oxygen atoms in total. The fraction of sp³-hybridized carbons (Fsp3) is 0.267. The number of halogens is 1. The van der Waals surface area contributed by atoms with Gasteiger partial charge in [-0.2, -0.15) is 0 Å². The molecule has 0 spiro atoms. The third kappa shape index (κ3) is 2.87. The van der Waals surface area contributed by atoms with Gasteiger partial charge in [0.05, 0.1) is 5.02 Å². The van der Waals surface area contributed by atoms with Crippen LogP contribution in [0.5, 0.6) is 0 Å². The Morgan fingerprint density at radius 1 is 1.30 bits per heavy atom. The minimum absolute atomic E-state index is 0.151. The molecule has 0 N–H and O–H groups in total. The maximum atomic E-state index is 12.6. The van der Waals surface area contributed by atoms with Crippen LogP contribution in [0.2, 0.25) is 5.02 Å². The maximum absolute atomic E-state index is 12.6. The number of fused-ring (bicyclic) bond motifs is 1. The molecule has 1 unspecified atom stereocenters. The standard InChI is InChI=1S/C15H13ClN4O3/c1-2-3-11(21)23-15-13-12(17-6-7-18-13)14(22)20(15)10-5-4-9(16)8-19-10/h4-8,15H,2-3H2,1H3. The summed E-state index contributed by atoms with van der Waals surface area (Å²) in [6.07, 6.45) is 4.21. The average Bonchev–Trinajstić information content (AvgIpc) is 2.82. The number of carbonyl (C=O) groups excluding carboxylic acids is 2. The monoisotopic (exact) mass is 332 g/mol. The molecule has 2 aromatic heterocycles. The van der Waals surface area contributed by atoms with E-state index in [-0.39, 0.29) is 12.1 Å². The molecule has 8 heteroatoms. The highest BCUT2D eigenvalue weighted by molar-refractivity contribution is 6.30. The molecule has 118 valence electrons. The number of pyridine rings is 1. The third-order valence-corrected chi connectivity index (χ3v) is 3.50. The SMILES string of the molecule is CCCC(=O)OC1c2nccnc2C(=O)N1c1ccc(Cl)cn1. The van der Waals surface area contributed by atoms with Gasteiger partial charge in [-0.25, -0.2) is 14.9 Å². The zero-order chi connectivity index (χ0) is 16.4. The average molecular weight is 333 g/mol. The van der Waals surface area contributed by atoms with Crippen molar-refractivity contribution in [3.8, 4) is 0 Å². The first kappa shape index (κ1) is 15.4. The minimum atomic E-state index is -0.973. The van der Waals surface area contributed by atoms with Crippen molar-refractivity contribution in [2.75, 3.05) is 4.90 Å². The lowest BCUT2D eigenvalue weighted by molar-refractivity contribution is -0.149. The molecule has 0 aliphatic carbocycles. The van der Waals surface area contributed by atoms with E-state index in [2.05, 4.69) is 15.0 Å². The fourth-order valence-corrected chi connectivity index (χ4v) is 2.38. The van der Waals surface area contributed by atoms with Gasteiger partial charge in [0, 0.05) is 25.0 Å². The Balaban J connectivity index is 2.00. The normalized spacial score (nSPS) is 16.3. The van der Waals surface area contributed by atoms with Gasteiger partial charge in [0.1, 0.15) is 11.5 Å². The summed E-state index contributed by atoms with van der Waals surface area (Å²) < 4.78 is 5.44. The number of amides is 1. The second-order valence-electron chi connectivity index (χ2n) is 4.89. The van der Waals surface area contributed by atoms with E-state index in [9.17, 15) is 9.59 Å². The molecule has 0 fully saturated rings. The van der Waals surface area contributed by atoms with E-state index in [1.807, 2.05) is 6.92 Å². The van der Waals surface area contributed by atoms with E-state index >= 15 is 0 Å². The van der Waals surface area contributed by atoms with E-state index < -0.39 is 18.1 Å². The van der Waals surface area contributed by atoms with Gasteiger partial charge < -0.3 is 4.74 Å². The van der Waals surface area contributed by atoms with Gasteiger partial charge in [-0.1, -0.05) is 18.5 Å².